The number of halogens is 3. The molecule has 8 heteroatoms. The molecule has 0 N–H and O–H groups in total. The highest BCUT2D eigenvalue weighted by molar-refractivity contribution is 6.06. The predicted molar refractivity (Wildman–Crippen MR) is 114 cm³/mol. The first-order valence-electron chi connectivity index (χ1n) is 11.2. The number of ether oxygens (including phenoxy) is 1. The maximum absolute atomic E-state index is 13.6. The molecule has 32 heavy (non-hydrogen) atoms. The highest BCUT2D eigenvalue weighted by atomic mass is 19.4. The third-order valence-electron chi connectivity index (χ3n) is 7.62. The molecule has 2 heterocycles. The Morgan fingerprint density at radius 3 is 2.31 bits per heavy atom. The molecule has 1 aromatic heterocycles. The molecule has 4 rings (SSSR count). The molecule has 174 valence electrons. The summed E-state index contributed by atoms with van der Waals surface area (Å²) < 4.78 is 47.9. The van der Waals surface area contributed by atoms with Crippen LogP contribution in [0.1, 0.15) is 61.1 Å². The molecule has 0 unspecified atom stereocenters. The van der Waals surface area contributed by atoms with Gasteiger partial charge in [0, 0.05) is 35.7 Å². The fourth-order valence-electron chi connectivity index (χ4n) is 5.52. The zero-order valence-electron chi connectivity index (χ0n) is 18.7. The number of hydrogen-bond acceptors (Lipinski definition) is 3. The van der Waals surface area contributed by atoms with Crippen molar-refractivity contribution in [2.24, 2.45) is 11.3 Å². The number of aromatic nitrogens is 1. The van der Waals surface area contributed by atoms with Crippen molar-refractivity contribution in [2.75, 3.05) is 20.2 Å². The molecule has 1 aliphatic heterocycles. The van der Waals surface area contributed by atoms with Crippen LogP contribution in [-0.2, 0) is 9.53 Å². The summed E-state index contributed by atoms with van der Waals surface area (Å²) in [5.74, 6) is -0.955. The van der Waals surface area contributed by atoms with E-state index in [4.69, 9.17) is 4.74 Å². The zero-order valence-corrected chi connectivity index (χ0v) is 18.7. The van der Waals surface area contributed by atoms with Gasteiger partial charge >= 0.3 is 12.1 Å². The largest absolute Gasteiger partial charge is 0.465 e. The van der Waals surface area contributed by atoms with Gasteiger partial charge < -0.3 is 14.2 Å². The molecule has 1 atom stereocenters. The van der Waals surface area contributed by atoms with E-state index >= 15 is 0 Å². The first kappa shape index (κ1) is 22.7. The quantitative estimate of drug-likeness (QED) is 0.597. The minimum absolute atomic E-state index is 0.0239. The van der Waals surface area contributed by atoms with Crippen molar-refractivity contribution in [2.45, 2.75) is 58.2 Å². The van der Waals surface area contributed by atoms with E-state index < -0.39 is 17.5 Å². The van der Waals surface area contributed by atoms with Crippen LogP contribution in [0.2, 0.25) is 0 Å². The molecule has 0 radical (unpaired) electrons. The Morgan fingerprint density at radius 1 is 1.16 bits per heavy atom. The van der Waals surface area contributed by atoms with Gasteiger partial charge in [0.1, 0.15) is 5.41 Å². The zero-order chi connectivity index (χ0) is 23.3. The third kappa shape index (κ3) is 3.39. The number of likely N-dealkylation sites (tertiary alicyclic amines) is 1. The number of fused-ring (bicyclic) bond motifs is 1. The van der Waals surface area contributed by atoms with Gasteiger partial charge in [0.05, 0.1) is 12.7 Å². The maximum Gasteiger partial charge on any atom is 0.403 e. The van der Waals surface area contributed by atoms with E-state index in [2.05, 4.69) is 11.5 Å². The molecule has 5 nitrogen and oxygen atoms in total. The Labute approximate surface area is 185 Å². The minimum Gasteiger partial charge on any atom is -0.465 e. The van der Waals surface area contributed by atoms with E-state index in [-0.39, 0.29) is 30.8 Å². The van der Waals surface area contributed by atoms with Gasteiger partial charge in [-0.3, -0.25) is 4.79 Å². The van der Waals surface area contributed by atoms with Crippen molar-refractivity contribution in [1.82, 2.24) is 9.47 Å². The van der Waals surface area contributed by atoms with Gasteiger partial charge in [-0.1, -0.05) is 24.6 Å². The van der Waals surface area contributed by atoms with E-state index in [1.807, 2.05) is 31.2 Å². The number of nitrogens with zero attached hydrogens (tertiary/aromatic N) is 2. The van der Waals surface area contributed by atoms with Crippen LogP contribution < -0.4 is 0 Å². The molecule has 2 aromatic rings. The van der Waals surface area contributed by atoms with Crippen molar-refractivity contribution < 1.29 is 27.5 Å². The summed E-state index contributed by atoms with van der Waals surface area (Å²) >= 11 is 0. The second kappa shape index (κ2) is 8.12. The Balaban J connectivity index is 1.54. The average molecular weight is 451 g/mol. The fourth-order valence-corrected chi connectivity index (χ4v) is 5.52. The van der Waals surface area contributed by atoms with Gasteiger partial charge in [0.15, 0.2) is 0 Å². The highest BCUT2D eigenvalue weighted by Crippen LogP contribution is 2.54. The van der Waals surface area contributed by atoms with E-state index in [9.17, 15) is 22.8 Å². The lowest BCUT2D eigenvalue weighted by atomic mass is 9.67. The van der Waals surface area contributed by atoms with Crippen molar-refractivity contribution in [1.29, 1.82) is 0 Å². The molecule has 2 aliphatic rings. The first-order chi connectivity index (χ1) is 15.1. The van der Waals surface area contributed by atoms with Crippen molar-refractivity contribution >= 4 is 22.8 Å². The van der Waals surface area contributed by atoms with Crippen molar-refractivity contribution in [3.63, 3.8) is 0 Å². The van der Waals surface area contributed by atoms with E-state index in [1.165, 1.54) is 12.0 Å². The number of carbonyl (C=O) groups excluding carboxylic acids is 2. The van der Waals surface area contributed by atoms with E-state index in [1.54, 1.807) is 0 Å². The number of para-hydroxylation sites is 1. The predicted octanol–water partition coefficient (Wildman–Crippen LogP) is 5.27. The molecule has 1 aromatic carbocycles. The van der Waals surface area contributed by atoms with Gasteiger partial charge in [0.25, 0.3) is 0 Å². The molecular formula is C24H29F3N2O3. The number of alkyl halides is 3. The molecule has 2 fully saturated rings. The maximum atomic E-state index is 13.6. The summed E-state index contributed by atoms with van der Waals surface area (Å²) in [6, 6.07) is 7.69. The Bertz CT molecular complexity index is 1030. The van der Waals surface area contributed by atoms with Crippen LogP contribution in [0.15, 0.2) is 24.3 Å². The van der Waals surface area contributed by atoms with Crippen molar-refractivity contribution in [3.05, 3.63) is 35.5 Å². The Hall–Kier alpha value is -2.51. The fraction of sp³-hybridized carbons (Fsp3) is 0.583. The number of rotatable bonds is 4. The van der Waals surface area contributed by atoms with Crippen LogP contribution in [0.5, 0.6) is 0 Å². The number of piperidine rings is 1. The number of carbonyl (C=O) groups is 2. The summed E-state index contributed by atoms with van der Waals surface area (Å²) in [5.41, 5.74) is 0.116. The average Bonchev–Trinajstić information content (AvgIpc) is 3.02. The topological polar surface area (TPSA) is 51.5 Å². The van der Waals surface area contributed by atoms with Gasteiger partial charge in [-0.05, 0) is 51.5 Å². The summed E-state index contributed by atoms with van der Waals surface area (Å²) in [4.78, 5) is 26.6. The molecule has 1 amide bonds. The van der Waals surface area contributed by atoms with Gasteiger partial charge in [-0.15, -0.1) is 0 Å². The van der Waals surface area contributed by atoms with E-state index in [0.29, 0.717) is 37.9 Å². The number of benzene rings is 1. The van der Waals surface area contributed by atoms with Gasteiger partial charge in [-0.2, -0.15) is 13.2 Å². The summed E-state index contributed by atoms with van der Waals surface area (Å²) in [6.07, 6.45) is -2.99. The Morgan fingerprint density at radius 2 is 1.78 bits per heavy atom. The van der Waals surface area contributed by atoms with E-state index in [0.717, 1.165) is 16.6 Å². The van der Waals surface area contributed by atoms with Gasteiger partial charge in [0.2, 0.25) is 5.91 Å². The second-order valence-corrected chi connectivity index (χ2v) is 9.14. The smallest absolute Gasteiger partial charge is 0.403 e. The highest BCUT2D eigenvalue weighted by Gasteiger charge is 2.64. The monoisotopic (exact) mass is 450 g/mol. The van der Waals surface area contributed by atoms with Crippen LogP contribution in [0, 0.1) is 18.3 Å². The molecular weight excluding hydrogens is 421 g/mol. The second-order valence-electron chi connectivity index (χ2n) is 9.14. The Kier molecular flexibility index (Phi) is 5.75. The standard InChI is InChI=1S/C24H29F3N2O3/c1-15(29-16(2)20(21(30)32-3)18-7-4-5-8-19(18)29)17-9-13-28(14-10-17)22(31)23(11-6-12-23)24(25,26)27/h4-5,7-8,15,17H,6,9-14H2,1-3H3/t15-/m1/s1. The van der Waals surface area contributed by atoms with Crippen LogP contribution in [0.25, 0.3) is 10.9 Å². The number of amides is 1. The normalized spacial score (nSPS) is 20.1. The van der Waals surface area contributed by atoms with Crippen molar-refractivity contribution in [3.8, 4) is 0 Å². The third-order valence-corrected chi connectivity index (χ3v) is 7.62. The van der Waals surface area contributed by atoms with Crippen LogP contribution in [0.4, 0.5) is 13.2 Å². The lowest BCUT2D eigenvalue weighted by molar-refractivity contribution is -0.249. The molecule has 1 saturated heterocycles. The molecule has 1 aliphatic carbocycles. The summed E-state index contributed by atoms with van der Waals surface area (Å²) in [7, 11) is 1.36. The lowest BCUT2D eigenvalue weighted by Gasteiger charge is -2.46. The van der Waals surface area contributed by atoms with Crippen LogP contribution >= 0.6 is 0 Å². The SMILES string of the molecule is COC(=O)c1c(C)n([C@H](C)C2CCN(C(=O)C3(C(F)(F)F)CCC3)CC2)c2ccccc12. The number of hydrogen-bond donors (Lipinski definition) is 0. The van der Waals surface area contributed by atoms with Crippen LogP contribution in [0.3, 0.4) is 0 Å². The van der Waals surface area contributed by atoms with Gasteiger partial charge in [-0.25, -0.2) is 4.79 Å². The number of esters is 1. The summed E-state index contributed by atoms with van der Waals surface area (Å²) in [6.45, 7) is 4.62. The van der Waals surface area contributed by atoms with Crippen LogP contribution in [-0.4, -0.2) is 47.7 Å². The molecule has 0 spiro atoms. The first-order valence-corrected chi connectivity index (χ1v) is 11.2. The molecule has 1 saturated carbocycles. The lowest BCUT2D eigenvalue weighted by Crippen LogP contribution is -2.57. The minimum atomic E-state index is -4.49. The summed E-state index contributed by atoms with van der Waals surface area (Å²) in [5, 5.41) is 0.827. The number of methoxy groups -OCH3 is 1. The molecule has 0 bridgehead atoms.